The average Bonchev–Trinajstić information content (AvgIpc) is 2.91. The molecule has 2 fully saturated rings. The van der Waals surface area contributed by atoms with Crippen LogP contribution in [0, 0.1) is 0 Å². The van der Waals surface area contributed by atoms with Crippen LogP contribution in [0.1, 0.15) is 44.9 Å². The number of nitrogens with zero attached hydrogens (tertiary/aromatic N) is 2. The third kappa shape index (κ3) is 4.94. The van der Waals surface area contributed by atoms with Crippen LogP contribution >= 0.6 is 0 Å². The van der Waals surface area contributed by atoms with Crippen molar-refractivity contribution in [3.05, 3.63) is 0 Å². The molecule has 5 heteroatoms. The molecule has 2 aliphatic rings. The maximum absolute atomic E-state index is 6.02. The van der Waals surface area contributed by atoms with Crippen LogP contribution in [0.3, 0.4) is 0 Å². The van der Waals surface area contributed by atoms with Crippen molar-refractivity contribution in [2.45, 2.75) is 57.0 Å². The van der Waals surface area contributed by atoms with Crippen molar-refractivity contribution < 1.29 is 4.74 Å². The van der Waals surface area contributed by atoms with Gasteiger partial charge >= 0.3 is 0 Å². The highest BCUT2D eigenvalue weighted by Gasteiger charge is 2.23. The van der Waals surface area contributed by atoms with E-state index in [9.17, 15) is 0 Å². The molecular weight excluding hydrogens is 252 g/mol. The van der Waals surface area contributed by atoms with Gasteiger partial charge in [-0.2, -0.15) is 0 Å². The van der Waals surface area contributed by atoms with Crippen LogP contribution in [0.5, 0.6) is 0 Å². The SMILES string of the molecule is COCCN1CCCC1CN=C(N)NC1CCCCC1. The number of hydrogen-bond donors (Lipinski definition) is 2. The summed E-state index contributed by atoms with van der Waals surface area (Å²) in [6.45, 7) is 3.79. The van der Waals surface area contributed by atoms with Crippen molar-refractivity contribution in [1.82, 2.24) is 10.2 Å². The number of hydrogen-bond acceptors (Lipinski definition) is 3. The molecule has 1 unspecified atom stereocenters. The van der Waals surface area contributed by atoms with Gasteiger partial charge in [0.2, 0.25) is 0 Å². The largest absolute Gasteiger partial charge is 0.383 e. The molecule has 5 nitrogen and oxygen atoms in total. The smallest absolute Gasteiger partial charge is 0.188 e. The van der Waals surface area contributed by atoms with E-state index in [-0.39, 0.29) is 0 Å². The standard InChI is InChI=1S/C15H30N4O/c1-20-11-10-19-9-5-8-14(19)12-17-15(16)18-13-6-3-2-4-7-13/h13-14H,2-12H2,1H3,(H3,16,17,18). The Hall–Kier alpha value is -0.810. The Morgan fingerprint density at radius 3 is 2.80 bits per heavy atom. The summed E-state index contributed by atoms with van der Waals surface area (Å²) in [4.78, 5) is 7.03. The van der Waals surface area contributed by atoms with E-state index in [1.807, 2.05) is 0 Å². The van der Waals surface area contributed by atoms with Gasteiger partial charge in [0.05, 0.1) is 13.2 Å². The number of rotatable bonds is 6. The second-order valence-corrected chi connectivity index (χ2v) is 6.03. The normalized spacial score (nSPS) is 26.1. The fourth-order valence-corrected chi connectivity index (χ4v) is 3.31. The van der Waals surface area contributed by atoms with Crippen molar-refractivity contribution in [2.75, 3.05) is 33.4 Å². The van der Waals surface area contributed by atoms with E-state index in [1.54, 1.807) is 7.11 Å². The molecule has 1 saturated carbocycles. The van der Waals surface area contributed by atoms with Gasteiger partial charge < -0.3 is 15.8 Å². The third-order valence-corrected chi connectivity index (χ3v) is 4.51. The molecule has 1 aliphatic carbocycles. The lowest BCUT2D eigenvalue weighted by molar-refractivity contribution is 0.143. The zero-order valence-corrected chi connectivity index (χ0v) is 12.8. The highest BCUT2D eigenvalue weighted by atomic mass is 16.5. The van der Waals surface area contributed by atoms with Crippen molar-refractivity contribution >= 4 is 5.96 Å². The molecule has 1 heterocycles. The summed E-state index contributed by atoms with van der Waals surface area (Å²) in [6, 6.07) is 1.08. The van der Waals surface area contributed by atoms with E-state index in [4.69, 9.17) is 10.5 Å². The van der Waals surface area contributed by atoms with Gasteiger partial charge in [-0.3, -0.25) is 9.89 Å². The Labute approximate surface area is 122 Å². The van der Waals surface area contributed by atoms with Crippen LogP contribution in [0.15, 0.2) is 4.99 Å². The molecule has 20 heavy (non-hydrogen) atoms. The molecule has 0 bridgehead atoms. The molecule has 116 valence electrons. The molecule has 1 saturated heterocycles. The summed E-state index contributed by atoms with van der Waals surface area (Å²) < 4.78 is 5.16. The topological polar surface area (TPSA) is 62.9 Å². The molecule has 3 N–H and O–H groups in total. The van der Waals surface area contributed by atoms with Gasteiger partial charge in [0.15, 0.2) is 5.96 Å². The minimum absolute atomic E-state index is 0.539. The van der Waals surface area contributed by atoms with Crippen LogP contribution in [-0.4, -0.2) is 56.3 Å². The molecule has 0 aromatic carbocycles. The molecule has 0 spiro atoms. The maximum atomic E-state index is 6.02. The van der Waals surface area contributed by atoms with Gasteiger partial charge in [0, 0.05) is 25.7 Å². The molecule has 2 rings (SSSR count). The summed E-state index contributed by atoms with van der Waals surface area (Å²) in [6.07, 6.45) is 8.96. The second kappa shape index (κ2) is 8.47. The van der Waals surface area contributed by atoms with E-state index in [0.717, 1.165) is 19.7 Å². The van der Waals surface area contributed by atoms with Crippen molar-refractivity contribution in [2.24, 2.45) is 10.7 Å². The lowest BCUT2D eigenvalue weighted by atomic mass is 9.96. The minimum Gasteiger partial charge on any atom is -0.383 e. The Kier molecular flexibility index (Phi) is 6.60. The van der Waals surface area contributed by atoms with Crippen molar-refractivity contribution in [3.8, 4) is 0 Å². The van der Waals surface area contributed by atoms with Crippen LogP contribution in [0.4, 0.5) is 0 Å². The Bertz CT molecular complexity index is 302. The summed E-state index contributed by atoms with van der Waals surface area (Å²) in [5.74, 6) is 0.635. The van der Waals surface area contributed by atoms with Crippen LogP contribution < -0.4 is 11.1 Å². The highest BCUT2D eigenvalue weighted by Crippen LogP contribution is 2.18. The van der Waals surface area contributed by atoms with E-state index < -0.39 is 0 Å². The van der Waals surface area contributed by atoms with Crippen LogP contribution in [0.25, 0.3) is 0 Å². The molecule has 0 aromatic rings. The molecule has 0 radical (unpaired) electrons. The van der Waals surface area contributed by atoms with Crippen LogP contribution in [-0.2, 0) is 4.74 Å². The lowest BCUT2D eigenvalue weighted by Crippen LogP contribution is -2.42. The van der Waals surface area contributed by atoms with E-state index >= 15 is 0 Å². The first-order valence-electron chi connectivity index (χ1n) is 8.09. The molecule has 1 aliphatic heterocycles. The molecule has 0 amide bonds. The van der Waals surface area contributed by atoms with Crippen molar-refractivity contribution in [3.63, 3.8) is 0 Å². The van der Waals surface area contributed by atoms with E-state index in [1.165, 1.54) is 51.5 Å². The summed E-state index contributed by atoms with van der Waals surface area (Å²) in [5, 5.41) is 3.39. The zero-order valence-electron chi connectivity index (χ0n) is 12.8. The second-order valence-electron chi connectivity index (χ2n) is 6.03. The Morgan fingerprint density at radius 1 is 1.25 bits per heavy atom. The average molecular weight is 282 g/mol. The predicted octanol–water partition coefficient (Wildman–Crippen LogP) is 1.33. The first-order valence-corrected chi connectivity index (χ1v) is 8.09. The number of aliphatic imine (C=N–C) groups is 1. The van der Waals surface area contributed by atoms with Crippen LogP contribution in [0.2, 0.25) is 0 Å². The molecular formula is C15H30N4O. The van der Waals surface area contributed by atoms with E-state index in [2.05, 4.69) is 15.2 Å². The Morgan fingerprint density at radius 2 is 2.05 bits per heavy atom. The first-order chi connectivity index (χ1) is 9.79. The summed E-state index contributed by atoms with van der Waals surface area (Å²) >= 11 is 0. The highest BCUT2D eigenvalue weighted by molar-refractivity contribution is 5.78. The number of nitrogens with two attached hydrogens (primary N) is 1. The third-order valence-electron chi connectivity index (χ3n) is 4.51. The van der Waals surface area contributed by atoms with Crippen molar-refractivity contribution in [1.29, 1.82) is 0 Å². The number of nitrogens with one attached hydrogen (secondary N) is 1. The van der Waals surface area contributed by atoms with Gasteiger partial charge in [-0.25, -0.2) is 0 Å². The Balaban J connectivity index is 1.72. The number of methoxy groups -OCH3 is 1. The van der Waals surface area contributed by atoms with E-state index in [0.29, 0.717) is 18.0 Å². The zero-order chi connectivity index (χ0) is 14.2. The number of ether oxygens (including phenoxy) is 1. The maximum Gasteiger partial charge on any atom is 0.188 e. The molecule has 0 aromatic heterocycles. The fraction of sp³-hybridized carbons (Fsp3) is 0.933. The van der Waals surface area contributed by atoms with Gasteiger partial charge in [-0.05, 0) is 32.2 Å². The predicted molar refractivity (Wildman–Crippen MR) is 83.0 cm³/mol. The summed E-state index contributed by atoms with van der Waals surface area (Å²) in [7, 11) is 1.76. The fourth-order valence-electron chi connectivity index (χ4n) is 3.31. The lowest BCUT2D eigenvalue weighted by Gasteiger charge is -2.24. The monoisotopic (exact) mass is 282 g/mol. The van der Waals surface area contributed by atoms with Gasteiger partial charge in [-0.1, -0.05) is 19.3 Å². The number of likely N-dealkylation sites (tertiary alicyclic amines) is 1. The quantitative estimate of drug-likeness (QED) is 0.570. The van der Waals surface area contributed by atoms with Gasteiger partial charge in [-0.15, -0.1) is 0 Å². The van der Waals surface area contributed by atoms with Gasteiger partial charge in [0.25, 0.3) is 0 Å². The van der Waals surface area contributed by atoms with Gasteiger partial charge in [0.1, 0.15) is 0 Å². The summed E-state index contributed by atoms with van der Waals surface area (Å²) in [5.41, 5.74) is 6.02. The first kappa shape index (κ1) is 15.6. The minimum atomic E-state index is 0.539. The number of guanidine groups is 1. The molecule has 1 atom stereocenters.